The van der Waals surface area contributed by atoms with Gasteiger partial charge in [0, 0.05) is 6.04 Å². The zero-order valence-electron chi connectivity index (χ0n) is 13.5. The van der Waals surface area contributed by atoms with Crippen molar-refractivity contribution in [3.63, 3.8) is 0 Å². The van der Waals surface area contributed by atoms with E-state index in [4.69, 9.17) is 5.84 Å². The van der Waals surface area contributed by atoms with E-state index in [1.165, 1.54) is 38.5 Å². The van der Waals surface area contributed by atoms with Crippen LogP contribution in [0.1, 0.15) is 63.0 Å². The number of nitrogens with one attached hydrogen (secondary N) is 1. The average Bonchev–Trinajstić information content (AvgIpc) is 2.49. The maximum Gasteiger partial charge on any atom is 0.0244 e. The fourth-order valence-electron chi connectivity index (χ4n) is 4.49. The molecule has 0 heterocycles. The molecule has 2 unspecified atom stereocenters. The Morgan fingerprint density at radius 2 is 1.76 bits per heavy atom. The van der Waals surface area contributed by atoms with Crippen molar-refractivity contribution in [3.8, 4) is 0 Å². The van der Waals surface area contributed by atoms with E-state index in [9.17, 15) is 0 Å². The quantitative estimate of drug-likeness (QED) is 0.634. The summed E-state index contributed by atoms with van der Waals surface area (Å²) in [7, 11) is 0. The Hall–Kier alpha value is -0.860. The second-order valence-electron chi connectivity index (χ2n) is 7.53. The van der Waals surface area contributed by atoms with Crippen LogP contribution in [0.5, 0.6) is 0 Å². The van der Waals surface area contributed by atoms with Gasteiger partial charge in [0.15, 0.2) is 0 Å². The number of hydrogen-bond acceptors (Lipinski definition) is 2. The van der Waals surface area contributed by atoms with E-state index >= 15 is 0 Å². The molecule has 1 aromatic carbocycles. The highest BCUT2D eigenvalue weighted by molar-refractivity contribution is 5.39. The molecule has 0 amide bonds. The predicted molar refractivity (Wildman–Crippen MR) is 88.9 cm³/mol. The third-order valence-corrected chi connectivity index (χ3v) is 6.04. The molecule has 0 aromatic heterocycles. The van der Waals surface area contributed by atoms with E-state index < -0.39 is 0 Å². The first-order valence-electron chi connectivity index (χ1n) is 8.73. The van der Waals surface area contributed by atoms with Crippen molar-refractivity contribution in [1.29, 1.82) is 0 Å². The molecular weight excluding hydrogens is 256 g/mol. The Balaban J connectivity index is 1.55. The topological polar surface area (TPSA) is 38.0 Å². The Kier molecular flexibility index (Phi) is 4.66. The molecule has 1 fully saturated rings. The minimum absolute atomic E-state index is 0.497. The van der Waals surface area contributed by atoms with Crippen LogP contribution >= 0.6 is 0 Å². The van der Waals surface area contributed by atoms with E-state index in [-0.39, 0.29) is 0 Å². The summed E-state index contributed by atoms with van der Waals surface area (Å²) in [4.78, 5) is 0. The highest BCUT2D eigenvalue weighted by Crippen LogP contribution is 2.41. The van der Waals surface area contributed by atoms with Gasteiger partial charge in [-0.3, -0.25) is 11.3 Å². The third-order valence-electron chi connectivity index (χ3n) is 6.04. The summed E-state index contributed by atoms with van der Waals surface area (Å²) in [5, 5.41) is 0. The molecule has 0 saturated heterocycles. The van der Waals surface area contributed by atoms with Crippen molar-refractivity contribution in [1.82, 2.24) is 5.43 Å². The van der Waals surface area contributed by atoms with Crippen LogP contribution in [-0.2, 0) is 6.42 Å². The first-order valence-corrected chi connectivity index (χ1v) is 8.73. The highest BCUT2D eigenvalue weighted by Gasteiger charge is 2.33. The maximum absolute atomic E-state index is 5.90. The van der Waals surface area contributed by atoms with Gasteiger partial charge in [-0.25, -0.2) is 0 Å². The molecule has 2 nitrogen and oxygen atoms in total. The van der Waals surface area contributed by atoms with Gasteiger partial charge >= 0.3 is 0 Å². The lowest BCUT2D eigenvalue weighted by Gasteiger charge is -2.39. The van der Waals surface area contributed by atoms with E-state index in [0.29, 0.717) is 6.04 Å². The van der Waals surface area contributed by atoms with Crippen molar-refractivity contribution in [2.45, 2.75) is 64.3 Å². The fourth-order valence-corrected chi connectivity index (χ4v) is 4.49. The van der Waals surface area contributed by atoms with Gasteiger partial charge < -0.3 is 0 Å². The van der Waals surface area contributed by atoms with Gasteiger partial charge in [-0.1, -0.05) is 38.1 Å². The number of hydrazine groups is 1. The first-order chi connectivity index (χ1) is 10.2. The molecule has 1 aromatic rings. The molecule has 0 aliphatic heterocycles. The molecular formula is C19H30N2. The van der Waals surface area contributed by atoms with Crippen LogP contribution in [0.4, 0.5) is 0 Å². The van der Waals surface area contributed by atoms with Crippen LogP contribution in [-0.4, -0.2) is 6.04 Å². The molecule has 2 heteroatoms. The lowest BCUT2D eigenvalue weighted by Crippen LogP contribution is -2.44. The summed E-state index contributed by atoms with van der Waals surface area (Å²) >= 11 is 0. The van der Waals surface area contributed by atoms with Gasteiger partial charge in [0.05, 0.1) is 0 Å². The van der Waals surface area contributed by atoms with Crippen LogP contribution < -0.4 is 11.3 Å². The van der Waals surface area contributed by atoms with Crippen LogP contribution in [0.3, 0.4) is 0 Å². The van der Waals surface area contributed by atoms with E-state index in [0.717, 1.165) is 23.7 Å². The molecule has 116 valence electrons. The molecule has 2 aliphatic rings. The average molecular weight is 286 g/mol. The number of rotatable bonds is 5. The highest BCUT2D eigenvalue weighted by atomic mass is 15.2. The summed E-state index contributed by atoms with van der Waals surface area (Å²) < 4.78 is 0. The zero-order valence-corrected chi connectivity index (χ0v) is 13.5. The molecule has 0 radical (unpaired) electrons. The summed E-state index contributed by atoms with van der Waals surface area (Å²) in [5.41, 5.74) is 6.25. The van der Waals surface area contributed by atoms with Crippen molar-refractivity contribution in [3.05, 3.63) is 35.4 Å². The molecule has 3 N–H and O–H groups in total. The number of fused-ring (bicyclic) bond motifs is 1. The number of benzene rings is 1. The van der Waals surface area contributed by atoms with Crippen LogP contribution in [0.2, 0.25) is 0 Å². The van der Waals surface area contributed by atoms with Crippen LogP contribution in [0.15, 0.2) is 24.3 Å². The molecule has 3 rings (SSSR count). The monoisotopic (exact) mass is 286 g/mol. The SMILES string of the molecule is CC(C)C1CCC(C(CC2Cc3ccccc32)NN)CC1. The molecule has 2 aliphatic carbocycles. The normalized spacial score (nSPS) is 29.8. The van der Waals surface area contributed by atoms with Crippen molar-refractivity contribution in [2.24, 2.45) is 23.6 Å². The van der Waals surface area contributed by atoms with Crippen molar-refractivity contribution < 1.29 is 0 Å². The van der Waals surface area contributed by atoms with E-state index in [1.807, 2.05) is 0 Å². The van der Waals surface area contributed by atoms with Gasteiger partial charge in [0.1, 0.15) is 0 Å². The largest absolute Gasteiger partial charge is 0.271 e. The Morgan fingerprint density at radius 3 is 2.38 bits per heavy atom. The van der Waals surface area contributed by atoms with Gasteiger partial charge in [-0.2, -0.15) is 0 Å². The molecule has 1 saturated carbocycles. The van der Waals surface area contributed by atoms with Crippen LogP contribution in [0.25, 0.3) is 0 Å². The Labute approximate surface area is 129 Å². The second-order valence-corrected chi connectivity index (χ2v) is 7.53. The lowest BCUT2D eigenvalue weighted by atomic mass is 9.69. The molecule has 0 bridgehead atoms. The minimum atomic E-state index is 0.497. The van der Waals surface area contributed by atoms with Gasteiger partial charge in [-0.05, 0) is 73.3 Å². The minimum Gasteiger partial charge on any atom is -0.271 e. The lowest BCUT2D eigenvalue weighted by molar-refractivity contribution is 0.178. The van der Waals surface area contributed by atoms with Crippen molar-refractivity contribution >= 4 is 0 Å². The summed E-state index contributed by atoms with van der Waals surface area (Å²) in [6, 6.07) is 9.39. The Bertz CT molecular complexity index is 460. The molecule has 0 spiro atoms. The zero-order chi connectivity index (χ0) is 14.8. The number of nitrogens with two attached hydrogens (primary N) is 1. The summed E-state index contributed by atoms with van der Waals surface area (Å²) in [6.45, 7) is 4.74. The van der Waals surface area contributed by atoms with Crippen LogP contribution in [0, 0.1) is 17.8 Å². The maximum atomic E-state index is 5.90. The second kappa shape index (κ2) is 6.50. The van der Waals surface area contributed by atoms with Crippen molar-refractivity contribution in [2.75, 3.05) is 0 Å². The predicted octanol–water partition coefficient (Wildman–Crippen LogP) is 4.01. The van der Waals surface area contributed by atoms with Gasteiger partial charge in [0.2, 0.25) is 0 Å². The molecule has 2 atom stereocenters. The number of hydrogen-bond donors (Lipinski definition) is 2. The first kappa shape index (κ1) is 15.1. The smallest absolute Gasteiger partial charge is 0.0244 e. The fraction of sp³-hybridized carbons (Fsp3) is 0.684. The Morgan fingerprint density at radius 1 is 1.10 bits per heavy atom. The van der Waals surface area contributed by atoms with E-state index in [2.05, 4.69) is 43.5 Å². The summed E-state index contributed by atoms with van der Waals surface area (Å²) in [5.74, 6) is 9.17. The molecule has 21 heavy (non-hydrogen) atoms. The van der Waals surface area contributed by atoms with E-state index in [1.54, 1.807) is 11.1 Å². The van der Waals surface area contributed by atoms with Gasteiger partial charge in [-0.15, -0.1) is 0 Å². The summed E-state index contributed by atoms with van der Waals surface area (Å²) in [6.07, 6.45) is 7.95. The third kappa shape index (κ3) is 3.17. The van der Waals surface area contributed by atoms with Gasteiger partial charge in [0.25, 0.3) is 0 Å². The standard InChI is InChI=1S/C19H30N2/c1-13(2)14-7-9-15(10-8-14)19(21-20)12-17-11-16-5-3-4-6-18(16)17/h3-6,13-15,17,19,21H,7-12,20H2,1-2H3.